The van der Waals surface area contributed by atoms with Crippen molar-refractivity contribution in [2.24, 2.45) is 0 Å². The first-order chi connectivity index (χ1) is 7.07. The van der Waals surface area contributed by atoms with Gasteiger partial charge in [-0.3, -0.25) is 4.79 Å². The van der Waals surface area contributed by atoms with E-state index in [0.29, 0.717) is 6.42 Å². The smallest absolute Gasteiger partial charge is 0.222 e. The summed E-state index contributed by atoms with van der Waals surface area (Å²) in [5, 5.41) is 0.153. The monoisotopic (exact) mass is 233 g/mol. The molecule has 0 spiro atoms. The van der Waals surface area contributed by atoms with Gasteiger partial charge < -0.3 is 4.90 Å². The molecule has 0 aromatic rings. The number of hydrogen-bond donors (Lipinski definition) is 0. The van der Waals surface area contributed by atoms with Gasteiger partial charge >= 0.3 is 0 Å². The minimum Gasteiger partial charge on any atom is -0.346 e. The lowest BCUT2D eigenvalue weighted by Crippen LogP contribution is -2.28. The highest BCUT2D eigenvalue weighted by atomic mass is 35.5. The molecule has 0 aliphatic heterocycles. The largest absolute Gasteiger partial charge is 0.346 e. The average Bonchev–Trinajstić information content (AvgIpc) is 2.20. The summed E-state index contributed by atoms with van der Waals surface area (Å²) in [6.45, 7) is 4.91. The van der Waals surface area contributed by atoms with Crippen LogP contribution in [0.3, 0.4) is 0 Å². The Morgan fingerprint density at radius 3 is 2.53 bits per heavy atom. The summed E-state index contributed by atoms with van der Waals surface area (Å²) in [5.74, 6) is 0.253. The lowest BCUT2D eigenvalue weighted by molar-refractivity contribution is -0.130. The molecule has 0 aliphatic carbocycles. The van der Waals surface area contributed by atoms with E-state index in [9.17, 15) is 4.79 Å². The number of hydrogen-bond acceptors (Lipinski definition) is 1. The second kappa shape index (κ2) is 9.02. The third kappa shape index (κ3) is 8.73. The number of amides is 1. The SMILES string of the molecule is CCCCCCC(=O)N(C)CCC(C)Cl. The Morgan fingerprint density at radius 2 is 2.00 bits per heavy atom. The van der Waals surface area contributed by atoms with E-state index in [-0.39, 0.29) is 11.3 Å². The number of carbonyl (C=O) groups excluding carboxylic acids is 1. The molecule has 1 unspecified atom stereocenters. The van der Waals surface area contributed by atoms with Crippen LogP contribution in [0.1, 0.15) is 52.4 Å². The summed E-state index contributed by atoms with van der Waals surface area (Å²) in [7, 11) is 1.86. The maximum Gasteiger partial charge on any atom is 0.222 e. The van der Waals surface area contributed by atoms with E-state index in [2.05, 4.69) is 6.92 Å². The summed E-state index contributed by atoms with van der Waals surface area (Å²) in [4.78, 5) is 13.4. The molecule has 0 aliphatic rings. The fraction of sp³-hybridized carbons (Fsp3) is 0.917. The van der Waals surface area contributed by atoms with Crippen LogP contribution in [0.25, 0.3) is 0 Å². The van der Waals surface area contributed by atoms with Crippen LogP contribution in [0.4, 0.5) is 0 Å². The number of unbranched alkanes of at least 4 members (excludes halogenated alkanes) is 3. The topological polar surface area (TPSA) is 20.3 Å². The van der Waals surface area contributed by atoms with Gasteiger partial charge in [-0.25, -0.2) is 0 Å². The van der Waals surface area contributed by atoms with Crippen molar-refractivity contribution in [3.63, 3.8) is 0 Å². The lowest BCUT2D eigenvalue weighted by Gasteiger charge is -2.17. The van der Waals surface area contributed by atoms with Gasteiger partial charge in [0.15, 0.2) is 0 Å². The third-order valence-electron chi connectivity index (χ3n) is 2.53. The molecule has 0 heterocycles. The number of carbonyl (C=O) groups is 1. The predicted molar refractivity (Wildman–Crippen MR) is 66.3 cm³/mol. The molecule has 0 saturated carbocycles. The van der Waals surface area contributed by atoms with Crippen LogP contribution in [0.2, 0.25) is 0 Å². The number of rotatable bonds is 8. The second-order valence-electron chi connectivity index (χ2n) is 4.20. The Labute approximate surface area is 99.0 Å². The van der Waals surface area contributed by atoms with Crippen molar-refractivity contribution in [1.82, 2.24) is 4.90 Å². The van der Waals surface area contributed by atoms with Crippen molar-refractivity contribution in [2.75, 3.05) is 13.6 Å². The van der Waals surface area contributed by atoms with Crippen LogP contribution in [0.5, 0.6) is 0 Å². The molecule has 90 valence electrons. The average molecular weight is 234 g/mol. The Bertz CT molecular complexity index is 171. The molecular formula is C12H24ClNO. The van der Waals surface area contributed by atoms with Crippen LogP contribution in [-0.2, 0) is 4.79 Å². The molecule has 0 radical (unpaired) electrons. The zero-order valence-electron chi connectivity index (χ0n) is 10.3. The first kappa shape index (κ1) is 14.8. The maximum atomic E-state index is 11.6. The molecule has 15 heavy (non-hydrogen) atoms. The molecule has 0 aromatic carbocycles. The normalized spacial score (nSPS) is 12.5. The van der Waals surface area contributed by atoms with Crippen LogP contribution in [0.15, 0.2) is 0 Å². The molecule has 0 N–H and O–H groups in total. The zero-order valence-corrected chi connectivity index (χ0v) is 11.0. The van der Waals surface area contributed by atoms with E-state index in [1.54, 1.807) is 4.90 Å². The van der Waals surface area contributed by atoms with E-state index in [1.165, 1.54) is 19.3 Å². The van der Waals surface area contributed by atoms with Gasteiger partial charge in [0.05, 0.1) is 0 Å². The van der Waals surface area contributed by atoms with Gasteiger partial charge in [-0.2, -0.15) is 0 Å². The Kier molecular flexibility index (Phi) is 8.88. The van der Waals surface area contributed by atoms with Crippen molar-refractivity contribution in [3.8, 4) is 0 Å². The van der Waals surface area contributed by atoms with Gasteiger partial charge in [-0.05, 0) is 19.8 Å². The van der Waals surface area contributed by atoms with E-state index in [1.807, 2.05) is 14.0 Å². The standard InChI is InChI=1S/C12H24ClNO/c1-4-5-6-7-8-12(15)14(3)10-9-11(2)13/h11H,4-10H2,1-3H3. The predicted octanol–water partition coefficient (Wildman–Crippen LogP) is 3.43. The van der Waals surface area contributed by atoms with Crippen molar-refractivity contribution in [3.05, 3.63) is 0 Å². The number of alkyl halides is 1. The highest BCUT2D eigenvalue weighted by Gasteiger charge is 2.08. The molecule has 0 fully saturated rings. The van der Waals surface area contributed by atoms with Crippen molar-refractivity contribution in [1.29, 1.82) is 0 Å². The molecule has 0 rings (SSSR count). The quantitative estimate of drug-likeness (QED) is 0.465. The molecule has 1 atom stereocenters. The van der Waals surface area contributed by atoms with Gasteiger partial charge in [0.25, 0.3) is 0 Å². The van der Waals surface area contributed by atoms with Crippen molar-refractivity contribution < 1.29 is 4.79 Å². The highest BCUT2D eigenvalue weighted by molar-refractivity contribution is 6.20. The lowest BCUT2D eigenvalue weighted by atomic mass is 10.1. The molecule has 1 amide bonds. The van der Waals surface area contributed by atoms with Gasteiger partial charge in [0.2, 0.25) is 5.91 Å². The summed E-state index contributed by atoms with van der Waals surface area (Å²) >= 11 is 5.83. The first-order valence-corrected chi connectivity index (χ1v) is 6.39. The third-order valence-corrected chi connectivity index (χ3v) is 2.75. The minimum atomic E-state index is 0.153. The van der Waals surface area contributed by atoms with Gasteiger partial charge in [-0.1, -0.05) is 26.2 Å². The van der Waals surface area contributed by atoms with Crippen LogP contribution >= 0.6 is 11.6 Å². The highest BCUT2D eigenvalue weighted by Crippen LogP contribution is 2.06. The van der Waals surface area contributed by atoms with Crippen molar-refractivity contribution >= 4 is 17.5 Å². The molecule has 0 bridgehead atoms. The molecule has 3 heteroatoms. The maximum absolute atomic E-state index is 11.6. The van der Waals surface area contributed by atoms with Gasteiger partial charge in [0.1, 0.15) is 0 Å². The van der Waals surface area contributed by atoms with E-state index < -0.39 is 0 Å². The minimum absolute atomic E-state index is 0.153. The van der Waals surface area contributed by atoms with Gasteiger partial charge in [0, 0.05) is 25.4 Å². The molecule has 2 nitrogen and oxygen atoms in total. The van der Waals surface area contributed by atoms with Gasteiger partial charge in [-0.15, -0.1) is 11.6 Å². The van der Waals surface area contributed by atoms with Crippen molar-refractivity contribution in [2.45, 2.75) is 57.7 Å². The molecule has 0 aromatic heterocycles. The van der Waals surface area contributed by atoms with E-state index >= 15 is 0 Å². The second-order valence-corrected chi connectivity index (χ2v) is 4.94. The summed E-state index contributed by atoms with van der Waals surface area (Å²) in [5.41, 5.74) is 0. The summed E-state index contributed by atoms with van der Waals surface area (Å²) < 4.78 is 0. The van der Waals surface area contributed by atoms with Crippen LogP contribution in [0, 0.1) is 0 Å². The fourth-order valence-electron chi connectivity index (χ4n) is 1.39. The molecular weight excluding hydrogens is 210 g/mol. The van der Waals surface area contributed by atoms with Crippen LogP contribution < -0.4 is 0 Å². The van der Waals surface area contributed by atoms with E-state index in [4.69, 9.17) is 11.6 Å². The number of nitrogens with zero attached hydrogens (tertiary/aromatic N) is 1. The fourth-order valence-corrected chi connectivity index (χ4v) is 1.49. The summed E-state index contributed by atoms with van der Waals surface area (Å²) in [6.07, 6.45) is 6.20. The summed E-state index contributed by atoms with van der Waals surface area (Å²) in [6, 6.07) is 0. The Balaban J connectivity index is 3.51. The Morgan fingerprint density at radius 1 is 1.33 bits per heavy atom. The Hall–Kier alpha value is -0.240. The first-order valence-electron chi connectivity index (χ1n) is 5.96. The zero-order chi connectivity index (χ0) is 11.7. The molecule has 0 saturated heterocycles. The number of halogens is 1. The van der Waals surface area contributed by atoms with Crippen LogP contribution in [-0.4, -0.2) is 29.8 Å². The van der Waals surface area contributed by atoms with E-state index in [0.717, 1.165) is 19.4 Å².